The number of amides is 1. The smallest absolute Gasteiger partial charge is 0.255 e. The van der Waals surface area contributed by atoms with E-state index in [1.54, 1.807) is 12.1 Å². The first-order chi connectivity index (χ1) is 10.4. The molecule has 0 radical (unpaired) electrons. The molecule has 2 aromatic rings. The number of carbonyl (C=O) groups excluding carboxylic acids is 1. The minimum Gasteiger partial charge on any atom is -0.322 e. The summed E-state index contributed by atoms with van der Waals surface area (Å²) in [4.78, 5) is 12.5. The van der Waals surface area contributed by atoms with Gasteiger partial charge in [-0.2, -0.15) is 0 Å². The maximum absolute atomic E-state index is 12.3. The van der Waals surface area contributed by atoms with Gasteiger partial charge in [-0.25, -0.2) is 8.42 Å². The van der Waals surface area contributed by atoms with Gasteiger partial charge >= 0.3 is 0 Å². The fraction of sp³-hybridized carbons (Fsp3) is 0.235. The molecule has 0 saturated carbocycles. The van der Waals surface area contributed by atoms with Crippen molar-refractivity contribution in [3.63, 3.8) is 0 Å². The minimum absolute atomic E-state index is 0.179. The second-order valence-corrected chi connectivity index (χ2v) is 7.60. The molecule has 1 aliphatic carbocycles. The quantitative estimate of drug-likeness (QED) is 0.947. The first kappa shape index (κ1) is 14.8. The summed E-state index contributed by atoms with van der Waals surface area (Å²) in [6.07, 6.45) is 4.42. The number of anilines is 1. The molecule has 5 heteroatoms. The van der Waals surface area contributed by atoms with Crippen molar-refractivity contribution in [1.29, 1.82) is 0 Å². The monoisotopic (exact) mass is 315 g/mol. The Hall–Kier alpha value is -2.14. The van der Waals surface area contributed by atoms with E-state index in [4.69, 9.17) is 0 Å². The number of hydrogen-bond donors (Lipinski definition) is 1. The summed E-state index contributed by atoms with van der Waals surface area (Å²) in [6, 6.07) is 12.0. The molecule has 0 aromatic heterocycles. The highest BCUT2D eigenvalue weighted by atomic mass is 32.2. The van der Waals surface area contributed by atoms with Crippen LogP contribution in [0.25, 0.3) is 0 Å². The van der Waals surface area contributed by atoms with Crippen LogP contribution in [-0.2, 0) is 22.7 Å². The van der Waals surface area contributed by atoms with E-state index in [9.17, 15) is 13.2 Å². The predicted octanol–water partition coefficient (Wildman–Crippen LogP) is 2.83. The fourth-order valence-electron chi connectivity index (χ4n) is 2.70. The number of hydrogen-bond acceptors (Lipinski definition) is 3. The van der Waals surface area contributed by atoms with Gasteiger partial charge in [-0.05, 0) is 66.8 Å². The Labute approximate surface area is 130 Å². The molecule has 1 amide bonds. The Balaban J connectivity index is 1.77. The third kappa shape index (κ3) is 3.04. The molecule has 0 bridgehead atoms. The Kier molecular flexibility index (Phi) is 3.74. The van der Waals surface area contributed by atoms with Crippen LogP contribution >= 0.6 is 0 Å². The van der Waals surface area contributed by atoms with Gasteiger partial charge in [0.05, 0.1) is 4.90 Å². The summed E-state index contributed by atoms with van der Waals surface area (Å²) >= 11 is 0. The molecule has 2 aromatic carbocycles. The van der Waals surface area contributed by atoms with Crippen LogP contribution in [-0.4, -0.2) is 20.6 Å². The molecule has 0 spiro atoms. The molecule has 0 atom stereocenters. The number of benzene rings is 2. The van der Waals surface area contributed by atoms with Crippen LogP contribution in [0.15, 0.2) is 47.4 Å². The van der Waals surface area contributed by atoms with Crippen molar-refractivity contribution in [2.75, 3.05) is 11.6 Å². The summed E-state index contributed by atoms with van der Waals surface area (Å²) in [6.45, 7) is 0. The lowest BCUT2D eigenvalue weighted by Gasteiger charge is -2.08. The highest BCUT2D eigenvalue weighted by molar-refractivity contribution is 7.90. The molecule has 1 aliphatic rings. The van der Waals surface area contributed by atoms with Gasteiger partial charge in [0.15, 0.2) is 9.84 Å². The van der Waals surface area contributed by atoms with E-state index in [2.05, 4.69) is 5.32 Å². The lowest BCUT2D eigenvalue weighted by atomic mass is 10.1. The SMILES string of the molecule is CS(=O)(=O)c1ccc(NC(=O)c2ccc3c(c2)CCC3)cc1. The third-order valence-corrected chi connectivity index (χ3v) is 5.03. The van der Waals surface area contributed by atoms with Crippen molar-refractivity contribution in [1.82, 2.24) is 0 Å². The predicted molar refractivity (Wildman–Crippen MR) is 86.0 cm³/mol. The van der Waals surface area contributed by atoms with Crippen LogP contribution in [0.3, 0.4) is 0 Å². The molecule has 114 valence electrons. The molecule has 1 N–H and O–H groups in total. The largest absolute Gasteiger partial charge is 0.322 e. The molecule has 0 fully saturated rings. The van der Waals surface area contributed by atoms with Crippen molar-refractivity contribution in [3.8, 4) is 0 Å². The van der Waals surface area contributed by atoms with Gasteiger partial charge in [0.2, 0.25) is 0 Å². The molecule has 0 unspecified atom stereocenters. The van der Waals surface area contributed by atoms with E-state index in [1.807, 2.05) is 18.2 Å². The Morgan fingerprint density at radius 3 is 2.36 bits per heavy atom. The van der Waals surface area contributed by atoms with Crippen molar-refractivity contribution in [2.24, 2.45) is 0 Å². The van der Waals surface area contributed by atoms with Crippen LogP contribution in [0.2, 0.25) is 0 Å². The minimum atomic E-state index is -3.22. The van der Waals surface area contributed by atoms with Gasteiger partial charge in [-0.1, -0.05) is 6.07 Å². The highest BCUT2D eigenvalue weighted by Crippen LogP contribution is 2.23. The van der Waals surface area contributed by atoms with Crippen molar-refractivity contribution in [2.45, 2.75) is 24.2 Å². The second-order valence-electron chi connectivity index (χ2n) is 5.59. The number of sulfone groups is 1. The van der Waals surface area contributed by atoms with E-state index >= 15 is 0 Å². The van der Waals surface area contributed by atoms with E-state index < -0.39 is 9.84 Å². The highest BCUT2D eigenvalue weighted by Gasteiger charge is 2.14. The molecule has 3 rings (SSSR count). The number of carbonyl (C=O) groups is 1. The summed E-state index contributed by atoms with van der Waals surface area (Å²) in [5.41, 5.74) is 3.79. The average molecular weight is 315 g/mol. The van der Waals surface area contributed by atoms with Gasteiger partial charge in [0.1, 0.15) is 0 Å². The normalized spacial score (nSPS) is 13.7. The van der Waals surface area contributed by atoms with E-state index in [1.165, 1.54) is 23.3 Å². The zero-order valence-corrected chi connectivity index (χ0v) is 13.1. The molecule has 0 heterocycles. The Bertz CT molecular complexity index is 823. The van der Waals surface area contributed by atoms with Crippen molar-refractivity contribution < 1.29 is 13.2 Å². The van der Waals surface area contributed by atoms with Crippen LogP contribution < -0.4 is 5.32 Å². The summed E-state index contributed by atoms with van der Waals surface area (Å²) < 4.78 is 22.8. The maximum Gasteiger partial charge on any atom is 0.255 e. The lowest BCUT2D eigenvalue weighted by molar-refractivity contribution is 0.102. The number of nitrogens with one attached hydrogen (secondary N) is 1. The van der Waals surface area contributed by atoms with E-state index in [0.29, 0.717) is 11.3 Å². The second kappa shape index (κ2) is 5.57. The van der Waals surface area contributed by atoms with Gasteiger partial charge in [0, 0.05) is 17.5 Å². The van der Waals surface area contributed by atoms with Crippen LogP contribution in [0, 0.1) is 0 Å². The van der Waals surface area contributed by atoms with Crippen LogP contribution in [0.4, 0.5) is 5.69 Å². The Morgan fingerprint density at radius 1 is 1.00 bits per heavy atom. The molecule has 0 saturated heterocycles. The number of aryl methyl sites for hydroxylation is 2. The van der Waals surface area contributed by atoms with E-state index in [-0.39, 0.29) is 10.8 Å². The standard InChI is InChI=1S/C17H17NO3S/c1-22(20,21)16-9-7-15(8-10-16)18-17(19)14-6-5-12-3-2-4-13(12)11-14/h5-11H,2-4H2,1H3,(H,18,19). The molecule has 22 heavy (non-hydrogen) atoms. The fourth-order valence-corrected chi connectivity index (χ4v) is 3.33. The molecule has 4 nitrogen and oxygen atoms in total. The van der Waals surface area contributed by atoms with Crippen LogP contribution in [0.1, 0.15) is 27.9 Å². The summed E-state index contributed by atoms with van der Waals surface area (Å²) in [5, 5.41) is 2.79. The topological polar surface area (TPSA) is 63.2 Å². The first-order valence-corrected chi connectivity index (χ1v) is 9.06. The number of fused-ring (bicyclic) bond motifs is 1. The zero-order valence-electron chi connectivity index (χ0n) is 12.3. The van der Waals surface area contributed by atoms with Gasteiger partial charge < -0.3 is 5.32 Å². The lowest BCUT2D eigenvalue weighted by Crippen LogP contribution is -2.12. The molecular formula is C17H17NO3S. The van der Waals surface area contributed by atoms with Crippen molar-refractivity contribution in [3.05, 3.63) is 59.2 Å². The third-order valence-electron chi connectivity index (χ3n) is 3.90. The molecular weight excluding hydrogens is 298 g/mol. The van der Waals surface area contributed by atoms with E-state index in [0.717, 1.165) is 25.5 Å². The zero-order chi connectivity index (χ0) is 15.7. The Morgan fingerprint density at radius 2 is 1.68 bits per heavy atom. The molecule has 0 aliphatic heterocycles. The first-order valence-electron chi connectivity index (χ1n) is 7.17. The number of rotatable bonds is 3. The maximum atomic E-state index is 12.3. The summed E-state index contributed by atoms with van der Waals surface area (Å²) in [5.74, 6) is -0.179. The van der Waals surface area contributed by atoms with Gasteiger partial charge in [-0.3, -0.25) is 4.79 Å². The van der Waals surface area contributed by atoms with Crippen LogP contribution in [0.5, 0.6) is 0 Å². The van der Waals surface area contributed by atoms with Crippen molar-refractivity contribution >= 4 is 21.4 Å². The van der Waals surface area contributed by atoms with Gasteiger partial charge in [0.25, 0.3) is 5.91 Å². The summed E-state index contributed by atoms with van der Waals surface area (Å²) in [7, 11) is -3.22. The average Bonchev–Trinajstić information content (AvgIpc) is 2.94. The van der Waals surface area contributed by atoms with Gasteiger partial charge in [-0.15, -0.1) is 0 Å².